The number of benzene rings is 1. The molecular formula is C24H24ClF3N8O5S. The first kappa shape index (κ1) is 29.7. The van der Waals surface area contributed by atoms with E-state index in [-0.39, 0.29) is 54.2 Å². The third-order valence-electron chi connectivity index (χ3n) is 6.49. The molecule has 3 N–H and O–H groups in total. The Labute approximate surface area is 242 Å². The SMILES string of the molecule is O=C(c1ncccc1-n1cnc(Cn2nc(-c3ccc(Cl)cc3)n(C[C@@H](O)C(F)(F)F)c2=O)n1)N1CCS(O)(O)CC1. The van der Waals surface area contributed by atoms with Crippen molar-refractivity contribution in [1.82, 2.24) is 39.0 Å². The number of halogens is 4. The maximum atomic E-state index is 13.2. The minimum Gasteiger partial charge on any atom is -0.382 e. The molecule has 0 saturated carbocycles. The van der Waals surface area contributed by atoms with Gasteiger partial charge >= 0.3 is 11.9 Å². The summed E-state index contributed by atoms with van der Waals surface area (Å²) < 4.78 is 61.9. The number of carbonyl (C=O) groups excluding carboxylic acids is 1. The lowest BCUT2D eigenvalue weighted by molar-refractivity contribution is -0.207. The van der Waals surface area contributed by atoms with Crippen LogP contribution in [0.25, 0.3) is 17.1 Å². The van der Waals surface area contributed by atoms with Crippen molar-refractivity contribution in [3.05, 3.63) is 75.9 Å². The Morgan fingerprint density at radius 1 is 1.07 bits per heavy atom. The van der Waals surface area contributed by atoms with Gasteiger partial charge in [0.2, 0.25) is 0 Å². The molecule has 18 heteroatoms. The lowest BCUT2D eigenvalue weighted by Crippen LogP contribution is -2.42. The van der Waals surface area contributed by atoms with E-state index < -0.39 is 41.0 Å². The molecule has 1 aliphatic rings. The molecule has 3 aromatic heterocycles. The van der Waals surface area contributed by atoms with Crippen LogP contribution in [0.5, 0.6) is 0 Å². The van der Waals surface area contributed by atoms with Gasteiger partial charge in [-0.25, -0.2) is 24.1 Å². The fourth-order valence-corrected chi connectivity index (χ4v) is 5.60. The maximum Gasteiger partial charge on any atom is 0.416 e. The average Bonchev–Trinajstić information content (AvgIpc) is 3.53. The number of pyridine rings is 1. The second kappa shape index (κ2) is 11.5. The molecule has 1 aliphatic heterocycles. The molecule has 0 unspecified atom stereocenters. The van der Waals surface area contributed by atoms with Crippen LogP contribution >= 0.6 is 22.2 Å². The van der Waals surface area contributed by atoms with Crippen molar-refractivity contribution in [2.24, 2.45) is 0 Å². The van der Waals surface area contributed by atoms with Crippen molar-refractivity contribution >= 4 is 28.1 Å². The van der Waals surface area contributed by atoms with E-state index in [4.69, 9.17) is 11.6 Å². The van der Waals surface area contributed by atoms with Gasteiger partial charge in [0.05, 0.1) is 23.7 Å². The molecule has 1 atom stereocenters. The van der Waals surface area contributed by atoms with Gasteiger partial charge in [-0.1, -0.05) is 11.6 Å². The summed E-state index contributed by atoms with van der Waals surface area (Å²) in [4.78, 5) is 36.1. The van der Waals surface area contributed by atoms with Gasteiger partial charge in [-0.15, -0.1) is 10.2 Å². The van der Waals surface area contributed by atoms with E-state index >= 15 is 0 Å². The molecule has 0 spiro atoms. The molecule has 4 aromatic rings. The van der Waals surface area contributed by atoms with Crippen LogP contribution in [0.15, 0.2) is 53.7 Å². The van der Waals surface area contributed by atoms with E-state index in [9.17, 15) is 37.0 Å². The van der Waals surface area contributed by atoms with Crippen LogP contribution in [0.3, 0.4) is 0 Å². The number of alkyl halides is 3. The molecule has 0 radical (unpaired) electrons. The number of carbonyl (C=O) groups is 1. The Hall–Kier alpha value is -3.77. The van der Waals surface area contributed by atoms with Gasteiger partial charge in [0, 0.05) is 29.9 Å². The Morgan fingerprint density at radius 3 is 2.43 bits per heavy atom. The summed E-state index contributed by atoms with van der Waals surface area (Å²) in [5.74, 6) is -0.391. The molecule has 42 heavy (non-hydrogen) atoms. The number of hydrogen-bond donors (Lipinski definition) is 3. The summed E-state index contributed by atoms with van der Waals surface area (Å²) in [5.41, 5.74) is -0.333. The first-order valence-electron chi connectivity index (χ1n) is 12.4. The highest BCUT2D eigenvalue weighted by atomic mass is 35.5. The molecule has 4 heterocycles. The van der Waals surface area contributed by atoms with Crippen LogP contribution in [-0.2, 0) is 13.1 Å². The van der Waals surface area contributed by atoms with Crippen molar-refractivity contribution in [2.75, 3.05) is 24.6 Å². The molecule has 0 aliphatic carbocycles. The van der Waals surface area contributed by atoms with Gasteiger partial charge < -0.3 is 10.0 Å². The number of nitrogens with zero attached hydrogens (tertiary/aromatic N) is 8. The van der Waals surface area contributed by atoms with Crippen molar-refractivity contribution in [2.45, 2.75) is 25.4 Å². The summed E-state index contributed by atoms with van der Waals surface area (Å²) in [5, 5.41) is 18.5. The molecule has 1 saturated heterocycles. The highest BCUT2D eigenvalue weighted by Gasteiger charge is 2.39. The monoisotopic (exact) mass is 628 g/mol. The topological polar surface area (TPSA) is 164 Å². The second-order valence-electron chi connectivity index (χ2n) is 9.42. The van der Waals surface area contributed by atoms with Gasteiger partial charge in [-0.2, -0.15) is 23.8 Å². The van der Waals surface area contributed by atoms with Crippen molar-refractivity contribution in [1.29, 1.82) is 0 Å². The maximum absolute atomic E-state index is 13.2. The van der Waals surface area contributed by atoms with E-state index in [1.807, 2.05) is 0 Å². The zero-order valence-electron chi connectivity index (χ0n) is 21.6. The number of amides is 1. The molecular weight excluding hydrogens is 605 g/mol. The summed E-state index contributed by atoms with van der Waals surface area (Å²) in [6.07, 6.45) is -5.07. The Bertz CT molecular complexity index is 1650. The van der Waals surface area contributed by atoms with Crippen molar-refractivity contribution in [3.63, 3.8) is 0 Å². The quantitative estimate of drug-likeness (QED) is 0.279. The first-order chi connectivity index (χ1) is 19.8. The number of hydrogen-bond acceptors (Lipinski definition) is 9. The van der Waals surface area contributed by atoms with Crippen LogP contribution < -0.4 is 5.69 Å². The number of aromatic nitrogens is 7. The van der Waals surface area contributed by atoms with Crippen LogP contribution in [0.1, 0.15) is 16.3 Å². The van der Waals surface area contributed by atoms with Crippen LogP contribution in [0.4, 0.5) is 13.2 Å². The first-order valence-corrected chi connectivity index (χ1v) is 14.7. The smallest absolute Gasteiger partial charge is 0.382 e. The summed E-state index contributed by atoms with van der Waals surface area (Å²) in [7, 11) is -2.71. The van der Waals surface area contributed by atoms with Crippen LogP contribution in [0, 0.1) is 0 Å². The van der Waals surface area contributed by atoms with E-state index in [0.29, 0.717) is 15.2 Å². The summed E-state index contributed by atoms with van der Waals surface area (Å²) >= 11 is 5.92. The second-order valence-corrected chi connectivity index (χ2v) is 12.3. The summed E-state index contributed by atoms with van der Waals surface area (Å²) in [6.45, 7) is -1.14. The zero-order valence-corrected chi connectivity index (χ0v) is 23.2. The number of rotatable bonds is 7. The van der Waals surface area contributed by atoms with Gasteiger partial charge in [-0.3, -0.25) is 18.5 Å². The van der Waals surface area contributed by atoms with Crippen molar-refractivity contribution < 1.29 is 32.2 Å². The van der Waals surface area contributed by atoms with Crippen LogP contribution in [-0.4, -0.2) is 96.0 Å². The fourth-order valence-electron chi connectivity index (χ4n) is 4.24. The molecule has 1 amide bonds. The number of aliphatic hydroxyl groups is 1. The zero-order chi connectivity index (χ0) is 30.2. The predicted octanol–water partition coefficient (Wildman–Crippen LogP) is 2.52. The molecule has 0 bridgehead atoms. The highest BCUT2D eigenvalue weighted by Crippen LogP contribution is 2.40. The fraction of sp³-hybridized carbons (Fsp3) is 0.333. The van der Waals surface area contributed by atoms with Crippen LogP contribution in [0.2, 0.25) is 5.02 Å². The van der Waals surface area contributed by atoms with Gasteiger partial charge in [-0.05, 0) is 36.4 Å². The van der Waals surface area contributed by atoms with Gasteiger partial charge in [0.15, 0.2) is 23.4 Å². The molecule has 224 valence electrons. The average molecular weight is 629 g/mol. The summed E-state index contributed by atoms with van der Waals surface area (Å²) in [6, 6.07) is 9.07. The third-order valence-corrected chi connectivity index (χ3v) is 8.41. The Kier molecular flexibility index (Phi) is 8.13. The van der Waals surface area contributed by atoms with Crippen molar-refractivity contribution in [3.8, 4) is 17.1 Å². The largest absolute Gasteiger partial charge is 0.416 e. The molecule has 1 aromatic carbocycles. The van der Waals surface area contributed by atoms with Gasteiger partial charge in [0.25, 0.3) is 5.91 Å². The lowest BCUT2D eigenvalue weighted by atomic mass is 10.2. The highest BCUT2D eigenvalue weighted by molar-refractivity contribution is 8.24. The number of aliphatic hydroxyl groups excluding tert-OH is 1. The minimum atomic E-state index is -4.97. The minimum absolute atomic E-state index is 0.0416. The predicted molar refractivity (Wildman–Crippen MR) is 146 cm³/mol. The normalized spacial score (nSPS) is 16.8. The van der Waals surface area contributed by atoms with E-state index in [1.165, 1.54) is 46.4 Å². The van der Waals surface area contributed by atoms with E-state index in [2.05, 4.69) is 20.2 Å². The molecule has 13 nitrogen and oxygen atoms in total. The Balaban J connectivity index is 1.43. The van der Waals surface area contributed by atoms with E-state index in [1.54, 1.807) is 12.1 Å². The van der Waals surface area contributed by atoms with E-state index in [0.717, 1.165) is 4.68 Å². The lowest BCUT2D eigenvalue weighted by Gasteiger charge is -2.40. The molecule has 5 rings (SSSR count). The Morgan fingerprint density at radius 2 is 1.76 bits per heavy atom. The molecule has 1 fully saturated rings. The third kappa shape index (κ3) is 6.34. The van der Waals surface area contributed by atoms with Gasteiger partial charge in [0.1, 0.15) is 12.9 Å². The standard InChI is InChI=1S/C24H24ClF3N8O5S/c25-16-5-3-15(4-6-16)21-32-35(23(39)34(21)12-18(37)24(26,27)28)13-19-30-14-36(31-19)17-2-1-7-29-20(17)22(38)33-8-10-42(40,41)11-9-33/h1-7,14,18,37,40-41H,8-13H2/t18-/m1/s1.